The molecule has 1 amide bonds. The monoisotopic (exact) mass is 231 g/mol. The van der Waals surface area contributed by atoms with Crippen LogP contribution in [0.5, 0.6) is 0 Å². The highest BCUT2D eigenvalue weighted by molar-refractivity contribution is 6.44. The summed E-state index contributed by atoms with van der Waals surface area (Å²) in [5.74, 6) is -0.921. The van der Waals surface area contributed by atoms with Crippen LogP contribution in [-0.4, -0.2) is 27.0 Å². The van der Waals surface area contributed by atoms with Crippen molar-refractivity contribution in [2.24, 2.45) is 5.16 Å². The summed E-state index contributed by atoms with van der Waals surface area (Å²) in [6, 6.07) is 10.6. The van der Waals surface area contributed by atoms with Gasteiger partial charge in [-0.1, -0.05) is 29.4 Å². The lowest BCUT2D eigenvalue weighted by atomic mass is 10.1. The molecule has 0 atom stereocenters. The third-order valence-electron chi connectivity index (χ3n) is 2.26. The van der Waals surface area contributed by atoms with Crippen molar-refractivity contribution >= 4 is 22.5 Å². The molecule has 0 bridgehead atoms. The van der Waals surface area contributed by atoms with Crippen molar-refractivity contribution < 1.29 is 15.2 Å². The van der Waals surface area contributed by atoms with Gasteiger partial charge in [0.1, 0.15) is 0 Å². The molecule has 1 aromatic carbocycles. The van der Waals surface area contributed by atoms with Crippen molar-refractivity contribution in [2.75, 3.05) is 0 Å². The molecule has 0 saturated heterocycles. The van der Waals surface area contributed by atoms with Crippen molar-refractivity contribution in [1.82, 2.24) is 10.5 Å². The number of carbonyl (C=O) groups excluding carboxylic acids is 1. The summed E-state index contributed by atoms with van der Waals surface area (Å²) in [7, 11) is 0. The normalized spacial score (nSPS) is 11.5. The Labute approximate surface area is 96.2 Å². The molecule has 1 aromatic heterocycles. The Morgan fingerprint density at radius 3 is 2.71 bits per heavy atom. The second-order valence-corrected chi connectivity index (χ2v) is 3.28. The van der Waals surface area contributed by atoms with E-state index in [1.54, 1.807) is 18.2 Å². The second-order valence-electron chi connectivity index (χ2n) is 3.28. The number of pyridine rings is 1. The SMILES string of the molecule is O=C(NO)C(=NO)c1ccc2ccccc2n1. The molecule has 0 unspecified atom stereocenters. The zero-order valence-corrected chi connectivity index (χ0v) is 8.66. The van der Waals surface area contributed by atoms with Crippen molar-refractivity contribution in [1.29, 1.82) is 0 Å². The third-order valence-corrected chi connectivity index (χ3v) is 2.26. The number of para-hydroxylation sites is 1. The van der Waals surface area contributed by atoms with E-state index in [0.717, 1.165) is 5.39 Å². The number of hydroxylamine groups is 1. The van der Waals surface area contributed by atoms with E-state index in [2.05, 4.69) is 10.1 Å². The van der Waals surface area contributed by atoms with Gasteiger partial charge in [0.05, 0.1) is 11.2 Å². The Balaban J connectivity index is 2.52. The van der Waals surface area contributed by atoms with Crippen LogP contribution in [0.1, 0.15) is 5.69 Å². The standard InChI is InChI=1S/C11H9N3O3/c15-11(14-17)10(13-16)9-6-5-7-3-1-2-4-8(7)12-9/h1-6,16-17H,(H,14,15). The molecule has 0 aliphatic rings. The molecule has 86 valence electrons. The molecule has 2 rings (SSSR count). The number of hydrogen-bond donors (Lipinski definition) is 3. The fourth-order valence-electron chi connectivity index (χ4n) is 1.46. The van der Waals surface area contributed by atoms with Crippen molar-refractivity contribution in [2.45, 2.75) is 0 Å². The van der Waals surface area contributed by atoms with E-state index in [-0.39, 0.29) is 11.4 Å². The molecule has 1 heterocycles. The number of aromatic nitrogens is 1. The number of hydrogen-bond acceptors (Lipinski definition) is 5. The first kappa shape index (κ1) is 11.0. The number of oxime groups is 1. The second kappa shape index (κ2) is 4.58. The maximum absolute atomic E-state index is 11.2. The smallest absolute Gasteiger partial charge is 0.298 e. The van der Waals surface area contributed by atoms with Crippen LogP contribution in [-0.2, 0) is 4.79 Å². The molecule has 0 saturated carbocycles. The maximum atomic E-state index is 11.2. The van der Waals surface area contributed by atoms with Gasteiger partial charge in [0.2, 0.25) is 0 Å². The molecule has 0 aliphatic heterocycles. The van der Waals surface area contributed by atoms with Crippen LogP contribution in [0.3, 0.4) is 0 Å². The van der Waals surface area contributed by atoms with E-state index >= 15 is 0 Å². The predicted molar refractivity (Wildman–Crippen MR) is 60.0 cm³/mol. The minimum absolute atomic E-state index is 0.178. The topological polar surface area (TPSA) is 94.8 Å². The number of amides is 1. The fourth-order valence-corrected chi connectivity index (χ4v) is 1.46. The highest BCUT2D eigenvalue weighted by atomic mass is 16.5. The van der Waals surface area contributed by atoms with Crippen LogP contribution >= 0.6 is 0 Å². The zero-order chi connectivity index (χ0) is 12.3. The lowest BCUT2D eigenvalue weighted by Crippen LogP contribution is -2.29. The van der Waals surface area contributed by atoms with Gasteiger partial charge in [0, 0.05) is 5.39 Å². The van der Waals surface area contributed by atoms with Gasteiger partial charge < -0.3 is 5.21 Å². The Hall–Kier alpha value is -2.47. The first-order chi connectivity index (χ1) is 8.26. The number of nitrogens with one attached hydrogen (secondary N) is 1. The summed E-state index contributed by atoms with van der Waals surface area (Å²) in [5.41, 5.74) is 1.89. The van der Waals surface area contributed by atoms with E-state index < -0.39 is 5.91 Å². The predicted octanol–water partition coefficient (Wildman–Crippen LogP) is 0.918. The van der Waals surface area contributed by atoms with Crippen LogP contribution in [0, 0.1) is 0 Å². The molecule has 2 aromatic rings. The van der Waals surface area contributed by atoms with Crippen molar-refractivity contribution in [3.63, 3.8) is 0 Å². The van der Waals surface area contributed by atoms with Crippen LogP contribution in [0.2, 0.25) is 0 Å². The minimum atomic E-state index is -0.921. The highest BCUT2D eigenvalue weighted by Crippen LogP contribution is 2.12. The quantitative estimate of drug-likeness (QED) is 0.310. The van der Waals surface area contributed by atoms with Crippen LogP contribution in [0.4, 0.5) is 0 Å². The molecular weight excluding hydrogens is 222 g/mol. The maximum Gasteiger partial charge on any atom is 0.298 e. The Morgan fingerprint density at radius 1 is 1.24 bits per heavy atom. The Kier molecular flexibility index (Phi) is 2.97. The summed E-state index contributed by atoms with van der Waals surface area (Å²) in [5, 5.41) is 20.9. The molecule has 6 nitrogen and oxygen atoms in total. The molecular formula is C11H9N3O3. The fraction of sp³-hybridized carbons (Fsp3) is 0. The molecule has 0 aliphatic carbocycles. The Bertz CT molecular complexity index is 595. The van der Waals surface area contributed by atoms with Gasteiger partial charge in [0.15, 0.2) is 5.71 Å². The lowest BCUT2D eigenvalue weighted by molar-refractivity contribution is -0.122. The third kappa shape index (κ3) is 2.06. The van der Waals surface area contributed by atoms with Crippen LogP contribution in [0.25, 0.3) is 10.9 Å². The number of nitrogens with zero attached hydrogens (tertiary/aromatic N) is 2. The first-order valence-electron chi connectivity index (χ1n) is 4.79. The number of rotatable bonds is 2. The molecule has 0 spiro atoms. The van der Waals surface area contributed by atoms with Crippen LogP contribution in [0.15, 0.2) is 41.6 Å². The van der Waals surface area contributed by atoms with Gasteiger partial charge in [0.25, 0.3) is 5.91 Å². The van der Waals surface area contributed by atoms with E-state index in [4.69, 9.17) is 10.4 Å². The number of carbonyl (C=O) groups is 1. The van der Waals surface area contributed by atoms with Gasteiger partial charge in [-0.15, -0.1) is 0 Å². The van der Waals surface area contributed by atoms with Gasteiger partial charge in [-0.05, 0) is 12.1 Å². The van der Waals surface area contributed by atoms with Gasteiger partial charge in [-0.25, -0.2) is 10.5 Å². The van der Waals surface area contributed by atoms with Gasteiger partial charge >= 0.3 is 0 Å². The summed E-state index contributed by atoms with van der Waals surface area (Å²) >= 11 is 0. The van der Waals surface area contributed by atoms with E-state index in [1.807, 2.05) is 12.1 Å². The molecule has 17 heavy (non-hydrogen) atoms. The highest BCUT2D eigenvalue weighted by Gasteiger charge is 2.15. The average molecular weight is 231 g/mol. The molecule has 6 heteroatoms. The molecule has 0 fully saturated rings. The van der Waals surface area contributed by atoms with Crippen molar-refractivity contribution in [3.8, 4) is 0 Å². The van der Waals surface area contributed by atoms with Crippen LogP contribution < -0.4 is 5.48 Å². The molecule has 3 N–H and O–H groups in total. The Morgan fingerprint density at radius 2 is 2.00 bits per heavy atom. The summed E-state index contributed by atoms with van der Waals surface area (Å²) in [4.78, 5) is 15.3. The zero-order valence-electron chi connectivity index (χ0n) is 8.66. The van der Waals surface area contributed by atoms with E-state index in [1.165, 1.54) is 11.5 Å². The summed E-state index contributed by atoms with van der Waals surface area (Å²) in [6.45, 7) is 0. The summed E-state index contributed by atoms with van der Waals surface area (Å²) < 4.78 is 0. The lowest BCUT2D eigenvalue weighted by Gasteiger charge is -2.03. The number of fused-ring (bicyclic) bond motifs is 1. The summed E-state index contributed by atoms with van der Waals surface area (Å²) in [6.07, 6.45) is 0. The number of benzene rings is 1. The van der Waals surface area contributed by atoms with Crippen molar-refractivity contribution in [3.05, 3.63) is 42.1 Å². The minimum Gasteiger partial charge on any atom is -0.410 e. The van der Waals surface area contributed by atoms with Gasteiger partial charge in [-0.2, -0.15) is 0 Å². The largest absolute Gasteiger partial charge is 0.410 e. The van der Waals surface area contributed by atoms with E-state index in [0.29, 0.717) is 5.52 Å². The average Bonchev–Trinajstić information content (AvgIpc) is 2.39. The molecule has 0 radical (unpaired) electrons. The van der Waals surface area contributed by atoms with E-state index in [9.17, 15) is 4.79 Å². The van der Waals surface area contributed by atoms with Gasteiger partial charge in [-0.3, -0.25) is 10.0 Å². The first-order valence-corrected chi connectivity index (χ1v) is 4.79.